The molecule has 108 valence electrons. The van der Waals surface area contributed by atoms with Gasteiger partial charge in [0.2, 0.25) is 0 Å². The fourth-order valence-electron chi connectivity index (χ4n) is 1.95. The monoisotopic (exact) mass is 292 g/mol. The number of carbonyl (C=O) groups is 1. The lowest BCUT2D eigenvalue weighted by molar-refractivity contribution is 0.102. The zero-order valence-corrected chi connectivity index (χ0v) is 13.3. The molecule has 2 heterocycles. The zero-order valence-electron chi connectivity index (χ0n) is 12.5. The van der Waals surface area contributed by atoms with E-state index >= 15 is 0 Å². The van der Waals surface area contributed by atoms with Crippen LogP contribution in [0.15, 0.2) is 16.9 Å². The van der Waals surface area contributed by atoms with Crippen LogP contribution in [0.1, 0.15) is 66.1 Å². The summed E-state index contributed by atoms with van der Waals surface area (Å²) in [6.07, 6.45) is 3.45. The molecule has 5 heteroatoms. The summed E-state index contributed by atoms with van der Waals surface area (Å²) in [5, 5.41) is 3.50. The SMILES string of the molecule is Cc1coc(C(C)C)c1C(=O)Nc1ncc(C(C)C)s1. The van der Waals surface area contributed by atoms with Crippen molar-refractivity contribution in [2.75, 3.05) is 5.32 Å². The van der Waals surface area contributed by atoms with E-state index in [1.807, 2.05) is 27.0 Å². The van der Waals surface area contributed by atoms with Crippen molar-refractivity contribution in [3.8, 4) is 0 Å². The summed E-state index contributed by atoms with van der Waals surface area (Å²) in [5.74, 6) is 1.16. The van der Waals surface area contributed by atoms with Gasteiger partial charge >= 0.3 is 0 Å². The minimum Gasteiger partial charge on any atom is -0.468 e. The largest absolute Gasteiger partial charge is 0.468 e. The predicted octanol–water partition coefficient (Wildman–Crippen LogP) is 4.54. The molecule has 0 fully saturated rings. The first kappa shape index (κ1) is 14.8. The van der Waals surface area contributed by atoms with E-state index in [1.54, 1.807) is 6.26 Å². The van der Waals surface area contributed by atoms with Crippen LogP contribution in [0.4, 0.5) is 5.13 Å². The lowest BCUT2D eigenvalue weighted by Gasteiger charge is -2.06. The van der Waals surface area contributed by atoms with Crippen LogP contribution in [0, 0.1) is 6.92 Å². The van der Waals surface area contributed by atoms with Gasteiger partial charge < -0.3 is 4.42 Å². The van der Waals surface area contributed by atoms with Gasteiger partial charge in [0, 0.05) is 22.6 Å². The Hall–Kier alpha value is -1.62. The molecule has 0 aliphatic rings. The van der Waals surface area contributed by atoms with E-state index in [1.165, 1.54) is 11.3 Å². The third kappa shape index (κ3) is 2.93. The van der Waals surface area contributed by atoms with Crippen molar-refractivity contribution in [1.82, 2.24) is 4.98 Å². The predicted molar refractivity (Wildman–Crippen MR) is 81.7 cm³/mol. The molecule has 2 aromatic heterocycles. The van der Waals surface area contributed by atoms with E-state index in [9.17, 15) is 4.79 Å². The first-order valence-corrected chi connectivity index (χ1v) is 7.56. The van der Waals surface area contributed by atoms with Crippen LogP contribution in [0.25, 0.3) is 0 Å². The smallest absolute Gasteiger partial charge is 0.261 e. The van der Waals surface area contributed by atoms with Crippen molar-refractivity contribution in [3.05, 3.63) is 34.2 Å². The number of carbonyl (C=O) groups excluding carboxylic acids is 1. The van der Waals surface area contributed by atoms with E-state index in [0.29, 0.717) is 16.6 Å². The number of hydrogen-bond donors (Lipinski definition) is 1. The van der Waals surface area contributed by atoms with Crippen molar-refractivity contribution < 1.29 is 9.21 Å². The van der Waals surface area contributed by atoms with Gasteiger partial charge in [-0.25, -0.2) is 4.98 Å². The Morgan fingerprint density at radius 3 is 2.55 bits per heavy atom. The summed E-state index contributed by atoms with van der Waals surface area (Å²) in [7, 11) is 0. The standard InChI is InChI=1S/C15H20N2O2S/c1-8(2)11-6-16-15(20-11)17-14(18)12-10(5)7-19-13(12)9(3)4/h6-9H,1-5H3,(H,16,17,18). The summed E-state index contributed by atoms with van der Waals surface area (Å²) < 4.78 is 5.48. The van der Waals surface area contributed by atoms with Gasteiger partial charge in [0.1, 0.15) is 5.76 Å². The van der Waals surface area contributed by atoms with E-state index in [0.717, 1.165) is 16.2 Å². The molecule has 1 amide bonds. The summed E-state index contributed by atoms with van der Waals surface area (Å²) in [6, 6.07) is 0. The molecule has 0 saturated carbocycles. The second-order valence-corrected chi connectivity index (χ2v) is 6.55. The maximum Gasteiger partial charge on any atom is 0.261 e. The van der Waals surface area contributed by atoms with Gasteiger partial charge in [-0.15, -0.1) is 11.3 Å². The van der Waals surface area contributed by atoms with Crippen LogP contribution in [0.3, 0.4) is 0 Å². The average Bonchev–Trinajstić information content (AvgIpc) is 2.95. The number of furan rings is 1. The third-order valence-corrected chi connectivity index (χ3v) is 4.28. The van der Waals surface area contributed by atoms with Gasteiger partial charge in [-0.1, -0.05) is 27.7 Å². The summed E-state index contributed by atoms with van der Waals surface area (Å²) in [4.78, 5) is 17.8. The minimum atomic E-state index is -0.149. The molecule has 0 aliphatic carbocycles. The van der Waals surface area contributed by atoms with Crippen molar-refractivity contribution >= 4 is 22.4 Å². The molecule has 0 unspecified atom stereocenters. The van der Waals surface area contributed by atoms with E-state index in [2.05, 4.69) is 24.1 Å². The Kier molecular flexibility index (Phi) is 4.28. The van der Waals surface area contributed by atoms with Gasteiger partial charge in [0.05, 0.1) is 11.8 Å². The van der Waals surface area contributed by atoms with Crippen molar-refractivity contribution in [2.24, 2.45) is 0 Å². The van der Waals surface area contributed by atoms with Crippen LogP contribution in [0.2, 0.25) is 0 Å². The molecular weight excluding hydrogens is 272 g/mol. The van der Waals surface area contributed by atoms with Gasteiger partial charge in [0.25, 0.3) is 5.91 Å². The number of anilines is 1. The second kappa shape index (κ2) is 5.79. The fraction of sp³-hybridized carbons (Fsp3) is 0.467. The number of aromatic nitrogens is 1. The molecule has 0 spiro atoms. The van der Waals surface area contributed by atoms with Gasteiger partial charge in [-0.05, 0) is 12.8 Å². The normalized spacial score (nSPS) is 11.3. The van der Waals surface area contributed by atoms with Crippen molar-refractivity contribution in [1.29, 1.82) is 0 Å². The Morgan fingerprint density at radius 1 is 1.30 bits per heavy atom. The Balaban J connectivity index is 2.21. The number of thiazole rings is 1. The van der Waals surface area contributed by atoms with Crippen molar-refractivity contribution in [3.63, 3.8) is 0 Å². The molecule has 20 heavy (non-hydrogen) atoms. The minimum absolute atomic E-state index is 0.149. The molecule has 2 rings (SSSR count). The highest BCUT2D eigenvalue weighted by Crippen LogP contribution is 2.28. The highest BCUT2D eigenvalue weighted by Gasteiger charge is 2.21. The number of nitrogens with zero attached hydrogens (tertiary/aromatic N) is 1. The maximum absolute atomic E-state index is 12.4. The molecule has 1 N–H and O–H groups in total. The number of amides is 1. The molecule has 0 atom stereocenters. The van der Waals surface area contributed by atoms with E-state index in [-0.39, 0.29) is 11.8 Å². The van der Waals surface area contributed by atoms with E-state index < -0.39 is 0 Å². The fourth-order valence-corrected chi connectivity index (χ4v) is 2.76. The Bertz CT molecular complexity index is 611. The van der Waals surface area contributed by atoms with Gasteiger partial charge in [-0.2, -0.15) is 0 Å². The summed E-state index contributed by atoms with van der Waals surface area (Å²) >= 11 is 1.51. The highest BCUT2D eigenvalue weighted by molar-refractivity contribution is 7.15. The molecule has 0 saturated heterocycles. The molecule has 0 aromatic carbocycles. The van der Waals surface area contributed by atoms with E-state index in [4.69, 9.17) is 4.42 Å². The first-order valence-electron chi connectivity index (χ1n) is 6.75. The second-order valence-electron chi connectivity index (χ2n) is 5.49. The molecule has 4 nitrogen and oxygen atoms in total. The quantitative estimate of drug-likeness (QED) is 0.899. The van der Waals surface area contributed by atoms with Crippen LogP contribution in [-0.4, -0.2) is 10.9 Å². The topological polar surface area (TPSA) is 55.1 Å². The number of rotatable bonds is 4. The number of nitrogens with one attached hydrogen (secondary N) is 1. The molecule has 0 bridgehead atoms. The van der Waals surface area contributed by atoms with Crippen molar-refractivity contribution in [2.45, 2.75) is 46.5 Å². The Labute approximate surface area is 123 Å². The van der Waals surface area contributed by atoms with Crippen LogP contribution < -0.4 is 5.32 Å². The number of aryl methyl sites for hydroxylation is 1. The first-order chi connectivity index (χ1) is 9.40. The summed E-state index contributed by atoms with van der Waals surface area (Å²) in [5.41, 5.74) is 1.48. The lowest BCUT2D eigenvalue weighted by Crippen LogP contribution is -2.14. The molecular formula is C15H20N2O2S. The summed E-state index contributed by atoms with van der Waals surface area (Å²) in [6.45, 7) is 10.1. The molecule has 0 radical (unpaired) electrons. The highest BCUT2D eigenvalue weighted by atomic mass is 32.1. The Morgan fingerprint density at radius 2 is 2.00 bits per heavy atom. The van der Waals surface area contributed by atoms with Crippen LogP contribution in [0.5, 0.6) is 0 Å². The van der Waals surface area contributed by atoms with Crippen LogP contribution >= 0.6 is 11.3 Å². The third-order valence-electron chi connectivity index (χ3n) is 3.07. The molecule has 2 aromatic rings. The average molecular weight is 292 g/mol. The molecule has 0 aliphatic heterocycles. The van der Waals surface area contributed by atoms with Crippen LogP contribution in [-0.2, 0) is 0 Å². The van der Waals surface area contributed by atoms with Gasteiger partial charge in [0.15, 0.2) is 5.13 Å². The zero-order chi connectivity index (χ0) is 14.9. The lowest BCUT2D eigenvalue weighted by atomic mass is 10.0. The van der Waals surface area contributed by atoms with Gasteiger partial charge in [-0.3, -0.25) is 10.1 Å². The number of hydrogen-bond acceptors (Lipinski definition) is 4. The maximum atomic E-state index is 12.4.